The maximum absolute atomic E-state index is 12.3. The second-order valence-corrected chi connectivity index (χ2v) is 30.2. The van der Waals surface area contributed by atoms with Crippen LogP contribution in [0.5, 0.6) is 0 Å². The molecule has 456 valence electrons. The number of amides is 4. The fourth-order valence-electron chi connectivity index (χ4n) is 6.41. The van der Waals surface area contributed by atoms with Gasteiger partial charge in [-0.2, -0.15) is 25.3 Å². The van der Waals surface area contributed by atoms with E-state index in [-0.39, 0.29) is 148 Å². The van der Waals surface area contributed by atoms with E-state index in [9.17, 15) is 73.8 Å². The number of hydrogen-bond acceptors (Lipinski definition) is 22. The third-order valence-electron chi connectivity index (χ3n) is 10.3. The highest BCUT2D eigenvalue weighted by molar-refractivity contribution is 8.77. The lowest BCUT2D eigenvalue weighted by Gasteiger charge is -2.21. The number of anilines is 2. The van der Waals surface area contributed by atoms with Crippen LogP contribution in [0.3, 0.4) is 0 Å². The van der Waals surface area contributed by atoms with Gasteiger partial charge in [-0.15, -0.1) is 3.63 Å². The first-order valence-electron chi connectivity index (χ1n) is 24.6. The first-order valence-corrected chi connectivity index (χ1v) is 35.1. The number of carbonyl (C=O) groups is 8. The van der Waals surface area contributed by atoms with E-state index in [4.69, 9.17) is 4.18 Å². The summed E-state index contributed by atoms with van der Waals surface area (Å²) in [6.45, 7) is 9.27. The summed E-state index contributed by atoms with van der Waals surface area (Å²) in [5.41, 5.74) is 3.51. The van der Waals surface area contributed by atoms with Gasteiger partial charge in [0.1, 0.15) is 11.6 Å². The Balaban J connectivity index is 0. The summed E-state index contributed by atoms with van der Waals surface area (Å²) in [7, 11) is -4.58. The summed E-state index contributed by atoms with van der Waals surface area (Å²) in [4.78, 5) is 96.5. The minimum atomic E-state index is -3.87. The van der Waals surface area contributed by atoms with Crippen molar-refractivity contribution in [3.63, 3.8) is 0 Å². The van der Waals surface area contributed by atoms with Gasteiger partial charge in [0.05, 0.1) is 51.7 Å². The molecule has 4 amide bonds. The normalized spacial score (nSPS) is 11.6. The minimum absolute atomic E-state index is 0. The molecule has 0 atom stereocenters. The number of hydrogen-bond donors (Lipinski definition) is 6. The Labute approximate surface area is 489 Å². The van der Waals surface area contributed by atoms with Gasteiger partial charge >= 0.3 is 0 Å². The molecular formula is C51H82N4O18S7. The standard InChI is InChI=1S/C25H38N2O7S3.C23H34N2O6S2.C2H6O5S2.CH4/c1-6-18-13-19(17-34-37(5,32)33)15-20(14-18)27-24(31)10-8-22(29)16-26-23(30)9-7-21(28)11-12-25(2,3)36-35-4;1-23(2,33-32-3)9-8-19(28)4-6-21(30)24-13-20(29)5-7-22(31)25-18-11-16(14-26)10-17(12-18)15-27;1-8(3,4)7-9(2,5)6;/h13-15H,6-12,16-17H2,1-5H3,(H,26,30)(H,27,31);10-12,26-27H,4-9,13-15H2,1-3H3,(H,24,30)(H,25,31);1-2H3;1H4. The number of benzene rings is 2. The van der Waals surface area contributed by atoms with Gasteiger partial charge in [-0.25, -0.2) is 0 Å². The summed E-state index contributed by atoms with van der Waals surface area (Å²) < 4.78 is 71.1. The van der Waals surface area contributed by atoms with Crippen LogP contribution in [0.2, 0.25) is 0 Å². The van der Waals surface area contributed by atoms with E-state index < -0.39 is 30.4 Å². The van der Waals surface area contributed by atoms with Crippen LogP contribution in [-0.4, -0.2) is 136 Å². The highest BCUT2D eigenvalue weighted by Gasteiger charge is 2.22. The van der Waals surface area contributed by atoms with Crippen LogP contribution >= 0.6 is 43.2 Å². The number of Topliss-reactive ketones (excluding diaryl/α,β-unsaturated/α-hetero) is 4. The predicted molar refractivity (Wildman–Crippen MR) is 320 cm³/mol. The van der Waals surface area contributed by atoms with E-state index >= 15 is 0 Å². The van der Waals surface area contributed by atoms with Crippen molar-refractivity contribution in [1.82, 2.24) is 10.6 Å². The van der Waals surface area contributed by atoms with E-state index in [1.165, 1.54) is 0 Å². The Kier molecular flexibility index (Phi) is 38.6. The SMILES string of the molecule is C.CCc1cc(COS(C)(=O)=O)cc(NC(=O)CCC(=O)CNC(=O)CCC(=O)CCC(C)(C)SSC)c1.CS(=O)(=O)OS(C)(=O)=O.CSSC(C)(C)CCC(=O)CCC(=O)NCC(=O)CCC(=O)Nc1cc(CO)cc(CO)c1. The van der Waals surface area contributed by atoms with E-state index in [2.05, 4.69) is 52.6 Å². The molecule has 0 unspecified atom stereocenters. The molecule has 0 aliphatic carbocycles. The van der Waals surface area contributed by atoms with E-state index in [0.717, 1.165) is 24.7 Å². The molecular weight excluding hydrogens is 1180 g/mol. The number of carbonyl (C=O) groups excluding carboxylic acids is 8. The molecule has 22 nitrogen and oxygen atoms in total. The third kappa shape index (κ3) is 42.9. The van der Waals surface area contributed by atoms with E-state index in [0.29, 0.717) is 59.8 Å². The Morgan fingerprint density at radius 1 is 0.487 bits per heavy atom. The van der Waals surface area contributed by atoms with Crippen LogP contribution < -0.4 is 21.3 Å². The number of rotatable bonds is 36. The summed E-state index contributed by atoms with van der Waals surface area (Å²) in [5, 5.41) is 28.9. The summed E-state index contributed by atoms with van der Waals surface area (Å²) in [6.07, 6.45) is 9.39. The number of aliphatic hydroxyl groups excluding tert-OH is 2. The van der Waals surface area contributed by atoms with Crippen molar-refractivity contribution in [3.8, 4) is 0 Å². The van der Waals surface area contributed by atoms with Crippen LogP contribution in [-0.2, 0) is 103 Å². The van der Waals surface area contributed by atoms with Crippen LogP contribution in [0.15, 0.2) is 36.4 Å². The highest BCUT2D eigenvalue weighted by Crippen LogP contribution is 2.38. The number of aliphatic hydroxyl groups is 2. The number of aryl methyl sites for hydroxylation is 1. The van der Waals surface area contributed by atoms with Crippen LogP contribution in [0.1, 0.15) is 141 Å². The summed E-state index contributed by atoms with van der Waals surface area (Å²) in [5.74, 6) is -2.04. The summed E-state index contributed by atoms with van der Waals surface area (Å²) >= 11 is 0. The third-order valence-corrected chi connectivity index (χ3v) is 18.1. The van der Waals surface area contributed by atoms with Crippen molar-refractivity contribution in [3.05, 3.63) is 58.7 Å². The van der Waals surface area contributed by atoms with E-state index in [1.54, 1.807) is 79.6 Å². The molecule has 0 spiro atoms. The lowest BCUT2D eigenvalue weighted by Crippen LogP contribution is -2.30. The van der Waals surface area contributed by atoms with Crippen molar-refractivity contribution < 1.29 is 81.6 Å². The van der Waals surface area contributed by atoms with Gasteiger partial charge in [-0.1, -0.05) is 69.7 Å². The fourth-order valence-corrected chi connectivity index (χ4v) is 13.0. The summed E-state index contributed by atoms with van der Waals surface area (Å²) in [6, 6.07) is 9.99. The Hall–Kier alpha value is -3.91. The second-order valence-electron chi connectivity index (χ2n) is 19.0. The Morgan fingerprint density at radius 2 is 0.825 bits per heavy atom. The number of ketones is 4. The molecule has 2 rings (SSSR count). The molecule has 0 radical (unpaired) electrons. The van der Waals surface area contributed by atoms with Gasteiger partial charge in [0, 0.05) is 85.1 Å². The van der Waals surface area contributed by atoms with Gasteiger partial charge in [0.25, 0.3) is 30.4 Å². The Bertz CT molecular complexity index is 2650. The van der Waals surface area contributed by atoms with Gasteiger partial charge in [-0.05, 0) is 106 Å². The van der Waals surface area contributed by atoms with Crippen LogP contribution in [0, 0.1) is 0 Å². The smallest absolute Gasteiger partial charge is 0.278 e. The van der Waals surface area contributed by atoms with Gasteiger partial charge in [0.2, 0.25) is 23.6 Å². The molecule has 6 N–H and O–H groups in total. The average molecular weight is 1260 g/mol. The highest BCUT2D eigenvalue weighted by atomic mass is 33.1. The largest absolute Gasteiger partial charge is 0.392 e. The lowest BCUT2D eigenvalue weighted by molar-refractivity contribution is -0.127. The van der Waals surface area contributed by atoms with E-state index in [1.807, 2.05) is 19.4 Å². The molecule has 0 heterocycles. The maximum atomic E-state index is 12.3. The monoisotopic (exact) mass is 1260 g/mol. The fraction of sp³-hybridized carbons (Fsp3) is 0.608. The molecule has 29 heteroatoms. The molecule has 2 aromatic rings. The molecule has 0 bridgehead atoms. The zero-order chi connectivity index (χ0) is 60.6. The van der Waals surface area contributed by atoms with Gasteiger partial charge in [-0.3, -0.25) is 42.5 Å². The molecule has 2 aromatic carbocycles. The first kappa shape index (κ1) is 78.2. The van der Waals surface area contributed by atoms with Gasteiger partial charge in [0.15, 0.2) is 11.6 Å². The quantitative estimate of drug-likeness (QED) is 0.0309. The van der Waals surface area contributed by atoms with Crippen LogP contribution in [0.4, 0.5) is 11.4 Å². The zero-order valence-corrected chi connectivity index (χ0v) is 52.2. The lowest BCUT2D eigenvalue weighted by atomic mass is 10.0. The number of nitrogens with one attached hydrogen (secondary N) is 4. The molecule has 0 aliphatic rings. The maximum Gasteiger partial charge on any atom is 0.278 e. The van der Waals surface area contributed by atoms with Crippen molar-refractivity contribution in [1.29, 1.82) is 0 Å². The van der Waals surface area contributed by atoms with Crippen molar-refractivity contribution >= 4 is 132 Å². The molecule has 0 aliphatic heterocycles. The average Bonchev–Trinajstić information content (AvgIpc) is 3.34. The van der Waals surface area contributed by atoms with Crippen LogP contribution in [0.25, 0.3) is 0 Å². The molecule has 0 saturated carbocycles. The minimum Gasteiger partial charge on any atom is -0.392 e. The first-order chi connectivity index (χ1) is 36.5. The molecule has 0 aromatic heterocycles. The molecule has 0 fully saturated rings. The van der Waals surface area contributed by atoms with Crippen molar-refractivity contribution in [2.45, 2.75) is 155 Å². The molecule has 0 saturated heterocycles. The molecule has 80 heavy (non-hydrogen) atoms. The zero-order valence-electron chi connectivity index (χ0n) is 46.5. The Morgan fingerprint density at radius 3 is 1.15 bits per heavy atom. The van der Waals surface area contributed by atoms with Gasteiger partial charge < -0.3 is 31.5 Å². The van der Waals surface area contributed by atoms with Crippen molar-refractivity contribution in [2.24, 2.45) is 0 Å². The van der Waals surface area contributed by atoms with Crippen molar-refractivity contribution in [2.75, 3.05) is 55.0 Å². The second kappa shape index (κ2) is 39.5. The predicted octanol–water partition coefficient (Wildman–Crippen LogP) is 6.60. The topological polar surface area (TPSA) is 346 Å².